The summed E-state index contributed by atoms with van der Waals surface area (Å²) in [7, 11) is 0. The molecular formula is C20H27N5O3S. The van der Waals surface area contributed by atoms with Crippen LogP contribution in [0.25, 0.3) is 10.2 Å². The van der Waals surface area contributed by atoms with E-state index < -0.39 is 0 Å². The standard InChI is InChI=1S/C20H27N5O3S/c1-2-21-20(27)28-14-7-6-12(8-14)15-10-17(25-24-15)23-18(26)9-13-4-3-5-16-19(13)22-11-29-16/h3-5,11-12,14-15,17,24-25H,2,6-10H2,1H3,(H,21,27)(H,23,26)/t12-,14+,15?,17?/m0/s1. The number of para-hydroxylation sites is 1. The van der Waals surface area contributed by atoms with E-state index in [2.05, 4.69) is 26.5 Å². The third-order valence-electron chi connectivity index (χ3n) is 5.65. The van der Waals surface area contributed by atoms with Gasteiger partial charge < -0.3 is 15.4 Å². The van der Waals surface area contributed by atoms with Crippen molar-refractivity contribution in [2.75, 3.05) is 6.54 Å². The number of nitrogens with zero attached hydrogens (tertiary/aromatic N) is 1. The van der Waals surface area contributed by atoms with Crippen molar-refractivity contribution in [1.82, 2.24) is 26.5 Å². The minimum Gasteiger partial charge on any atom is -0.446 e. The summed E-state index contributed by atoms with van der Waals surface area (Å²) in [6.45, 7) is 2.44. The highest BCUT2D eigenvalue weighted by Crippen LogP contribution is 2.33. The van der Waals surface area contributed by atoms with E-state index in [1.54, 1.807) is 11.3 Å². The molecule has 4 rings (SSSR count). The van der Waals surface area contributed by atoms with Crippen molar-refractivity contribution >= 4 is 33.6 Å². The van der Waals surface area contributed by atoms with Crippen molar-refractivity contribution in [3.8, 4) is 0 Å². The Kier molecular flexibility index (Phi) is 6.27. The average molecular weight is 418 g/mol. The van der Waals surface area contributed by atoms with Gasteiger partial charge in [0, 0.05) is 12.6 Å². The number of alkyl carbamates (subject to hydrolysis) is 1. The predicted octanol–water partition coefficient (Wildman–Crippen LogP) is 2.06. The van der Waals surface area contributed by atoms with E-state index in [9.17, 15) is 9.59 Å². The molecule has 4 atom stereocenters. The highest BCUT2D eigenvalue weighted by Gasteiger charge is 2.37. The summed E-state index contributed by atoms with van der Waals surface area (Å²) in [4.78, 5) is 28.5. The molecule has 0 bridgehead atoms. The number of thiazole rings is 1. The van der Waals surface area contributed by atoms with Crippen molar-refractivity contribution in [1.29, 1.82) is 0 Å². The van der Waals surface area contributed by atoms with Crippen LogP contribution in [0.5, 0.6) is 0 Å². The molecule has 4 N–H and O–H groups in total. The fourth-order valence-electron chi connectivity index (χ4n) is 4.27. The molecule has 8 nitrogen and oxygen atoms in total. The lowest BCUT2D eigenvalue weighted by Gasteiger charge is -2.18. The van der Waals surface area contributed by atoms with E-state index in [0.29, 0.717) is 18.9 Å². The zero-order valence-corrected chi connectivity index (χ0v) is 17.3. The van der Waals surface area contributed by atoms with E-state index in [-0.39, 0.29) is 30.3 Å². The van der Waals surface area contributed by atoms with Crippen molar-refractivity contribution < 1.29 is 14.3 Å². The molecule has 1 saturated carbocycles. The van der Waals surface area contributed by atoms with Gasteiger partial charge in [-0.25, -0.2) is 15.2 Å². The number of rotatable bonds is 6. The first-order valence-corrected chi connectivity index (χ1v) is 11.1. The average Bonchev–Trinajstić information content (AvgIpc) is 3.42. The fourth-order valence-corrected chi connectivity index (χ4v) is 5.00. The molecule has 2 fully saturated rings. The zero-order valence-electron chi connectivity index (χ0n) is 16.4. The summed E-state index contributed by atoms with van der Waals surface area (Å²) < 4.78 is 6.55. The molecule has 2 amide bonds. The quantitative estimate of drug-likeness (QED) is 0.574. The van der Waals surface area contributed by atoms with Crippen LogP contribution in [0.3, 0.4) is 0 Å². The Morgan fingerprint density at radius 2 is 2.17 bits per heavy atom. The Hall–Kier alpha value is -2.23. The van der Waals surface area contributed by atoms with Gasteiger partial charge in [0.25, 0.3) is 0 Å². The molecule has 0 spiro atoms. The first-order valence-electron chi connectivity index (χ1n) is 10.2. The molecule has 9 heteroatoms. The number of carbonyl (C=O) groups excluding carboxylic acids is 2. The van der Waals surface area contributed by atoms with Crippen LogP contribution in [0.15, 0.2) is 23.7 Å². The van der Waals surface area contributed by atoms with E-state index in [4.69, 9.17) is 4.74 Å². The van der Waals surface area contributed by atoms with Crippen LogP contribution in [0, 0.1) is 5.92 Å². The molecule has 2 unspecified atom stereocenters. The SMILES string of the molecule is CCNC(=O)O[C@@H]1CC[C@H](C2CC(NC(=O)Cc3cccc4scnc34)NN2)C1. The number of benzene rings is 1. The predicted molar refractivity (Wildman–Crippen MR) is 111 cm³/mol. The molecule has 1 aromatic carbocycles. The third-order valence-corrected chi connectivity index (χ3v) is 6.45. The summed E-state index contributed by atoms with van der Waals surface area (Å²) in [5.74, 6) is 0.405. The molecule has 1 aromatic heterocycles. The highest BCUT2D eigenvalue weighted by molar-refractivity contribution is 7.16. The summed E-state index contributed by atoms with van der Waals surface area (Å²) >= 11 is 1.58. The van der Waals surface area contributed by atoms with E-state index >= 15 is 0 Å². The number of carbonyl (C=O) groups is 2. The van der Waals surface area contributed by atoms with Crippen molar-refractivity contribution in [2.45, 2.75) is 57.3 Å². The fraction of sp³-hybridized carbons (Fsp3) is 0.550. The number of hydrazine groups is 1. The Bertz CT molecular complexity index is 873. The minimum atomic E-state index is -0.337. The Balaban J connectivity index is 1.24. The monoisotopic (exact) mass is 417 g/mol. The lowest BCUT2D eigenvalue weighted by Crippen LogP contribution is -2.45. The van der Waals surface area contributed by atoms with Crippen LogP contribution >= 0.6 is 11.3 Å². The van der Waals surface area contributed by atoms with Crippen LogP contribution in [0.2, 0.25) is 0 Å². The molecule has 156 valence electrons. The molecule has 1 saturated heterocycles. The van der Waals surface area contributed by atoms with Gasteiger partial charge in [0.2, 0.25) is 5.91 Å². The van der Waals surface area contributed by atoms with Crippen LogP contribution < -0.4 is 21.5 Å². The second kappa shape index (κ2) is 9.06. The summed E-state index contributed by atoms with van der Waals surface area (Å²) in [5, 5.41) is 5.74. The second-order valence-corrected chi connectivity index (χ2v) is 8.56. The van der Waals surface area contributed by atoms with Gasteiger partial charge in [-0.15, -0.1) is 11.3 Å². The van der Waals surface area contributed by atoms with Gasteiger partial charge in [-0.05, 0) is 50.2 Å². The lowest BCUT2D eigenvalue weighted by atomic mass is 9.96. The summed E-state index contributed by atoms with van der Waals surface area (Å²) in [6.07, 6.45) is 3.40. The molecule has 0 radical (unpaired) electrons. The normalized spacial score (nSPS) is 26.5. The van der Waals surface area contributed by atoms with Crippen LogP contribution in [0.4, 0.5) is 4.79 Å². The van der Waals surface area contributed by atoms with Gasteiger partial charge in [-0.3, -0.25) is 10.2 Å². The van der Waals surface area contributed by atoms with Crippen molar-refractivity contribution in [3.63, 3.8) is 0 Å². The Morgan fingerprint density at radius 3 is 3.03 bits per heavy atom. The Morgan fingerprint density at radius 1 is 1.28 bits per heavy atom. The maximum atomic E-state index is 12.5. The molecule has 2 aromatic rings. The third kappa shape index (κ3) is 4.85. The van der Waals surface area contributed by atoms with E-state index in [0.717, 1.165) is 41.5 Å². The molecule has 2 heterocycles. The largest absolute Gasteiger partial charge is 0.446 e. The minimum absolute atomic E-state index is 0.0191. The van der Waals surface area contributed by atoms with Gasteiger partial charge in [-0.2, -0.15) is 0 Å². The van der Waals surface area contributed by atoms with Crippen LogP contribution in [-0.4, -0.2) is 41.8 Å². The molecule has 2 aliphatic rings. The van der Waals surface area contributed by atoms with Gasteiger partial charge >= 0.3 is 6.09 Å². The lowest BCUT2D eigenvalue weighted by molar-refractivity contribution is -0.121. The molecular weight excluding hydrogens is 390 g/mol. The number of ether oxygens (including phenoxy) is 1. The number of aromatic nitrogens is 1. The van der Waals surface area contributed by atoms with Crippen molar-refractivity contribution in [2.24, 2.45) is 5.92 Å². The number of amides is 2. The molecule has 1 aliphatic heterocycles. The van der Waals surface area contributed by atoms with E-state index in [1.165, 1.54) is 0 Å². The van der Waals surface area contributed by atoms with Gasteiger partial charge in [-0.1, -0.05) is 12.1 Å². The van der Waals surface area contributed by atoms with Gasteiger partial charge in [0.05, 0.1) is 28.3 Å². The Labute approximate surface area is 173 Å². The zero-order chi connectivity index (χ0) is 20.2. The first-order chi connectivity index (χ1) is 14.1. The van der Waals surface area contributed by atoms with Gasteiger partial charge in [0.15, 0.2) is 0 Å². The maximum absolute atomic E-state index is 12.5. The van der Waals surface area contributed by atoms with Crippen molar-refractivity contribution in [3.05, 3.63) is 29.3 Å². The highest BCUT2D eigenvalue weighted by atomic mass is 32.1. The smallest absolute Gasteiger partial charge is 0.407 e. The number of nitrogens with one attached hydrogen (secondary N) is 4. The number of fused-ring (bicyclic) bond motifs is 1. The first kappa shape index (κ1) is 20.1. The van der Waals surface area contributed by atoms with Crippen LogP contribution in [0.1, 0.15) is 38.2 Å². The van der Waals surface area contributed by atoms with Crippen LogP contribution in [-0.2, 0) is 16.0 Å². The topological polar surface area (TPSA) is 104 Å². The van der Waals surface area contributed by atoms with E-state index in [1.807, 2.05) is 30.6 Å². The van der Waals surface area contributed by atoms with Gasteiger partial charge in [0.1, 0.15) is 6.10 Å². The summed E-state index contributed by atoms with van der Waals surface area (Å²) in [5.41, 5.74) is 10.2. The maximum Gasteiger partial charge on any atom is 0.407 e. The molecule has 29 heavy (non-hydrogen) atoms. The molecule has 1 aliphatic carbocycles. The number of hydrogen-bond acceptors (Lipinski definition) is 7. The second-order valence-electron chi connectivity index (χ2n) is 7.67. The number of hydrogen-bond donors (Lipinski definition) is 4. The summed E-state index contributed by atoms with van der Waals surface area (Å²) in [6, 6.07) is 6.20.